The predicted molar refractivity (Wildman–Crippen MR) is 99.7 cm³/mol. The van der Waals surface area contributed by atoms with E-state index in [4.69, 9.17) is 16.3 Å². The van der Waals surface area contributed by atoms with E-state index in [1.54, 1.807) is 17.0 Å². The topological polar surface area (TPSA) is 84.0 Å². The van der Waals surface area contributed by atoms with Crippen LogP contribution in [-0.2, 0) is 12.0 Å². The lowest BCUT2D eigenvalue weighted by molar-refractivity contribution is 0.0409. The lowest BCUT2D eigenvalue weighted by Gasteiger charge is -2.45. The Bertz CT molecular complexity index is 937. The molecule has 4 rings (SSSR count). The van der Waals surface area contributed by atoms with E-state index in [1.807, 2.05) is 43.3 Å². The first-order valence-corrected chi connectivity index (χ1v) is 8.92. The molecule has 27 heavy (non-hydrogen) atoms. The van der Waals surface area contributed by atoms with Crippen molar-refractivity contribution in [2.24, 2.45) is 0 Å². The van der Waals surface area contributed by atoms with Gasteiger partial charge in [0.1, 0.15) is 12.4 Å². The van der Waals surface area contributed by atoms with Crippen LogP contribution in [0.3, 0.4) is 0 Å². The van der Waals surface area contributed by atoms with E-state index in [0.29, 0.717) is 41.9 Å². The molecule has 3 aromatic rings. The summed E-state index contributed by atoms with van der Waals surface area (Å²) in [6.45, 7) is 3.46. The number of hydrogen-bond acceptors (Lipinski definition) is 5. The van der Waals surface area contributed by atoms with E-state index in [0.717, 1.165) is 5.56 Å². The number of para-hydroxylation sites is 1. The van der Waals surface area contributed by atoms with Gasteiger partial charge in [0.05, 0.1) is 11.0 Å². The third kappa shape index (κ3) is 3.50. The van der Waals surface area contributed by atoms with Crippen molar-refractivity contribution in [3.8, 4) is 5.75 Å². The van der Waals surface area contributed by atoms with Crippen LogP contribution in [0.1, 0.15) is 28.7 Å². The van der Waals surface area contributed by atoms with Crippen LogP contribution in [0.5, 0.6) is 5.75 Å². The van der Waals surface area contributed by atoms with Crippen molar-refractivity contribution in [2.45, 2.75) is 18.9 Å². The molecule has 1 aliphatic heterocycles. The average molecular weight is 384 g/mol. The number of ether oxygens (including phenoxy) is 1. The second-order valence-corrected chi connectivity index (χ2v) is 7.31. The summed E-state index contributed by atoms with van der Waals surface area (Å²) in [7, 11) is 0. The summed E-state index contributed by atoms with van der Waals surface area (Å²) in [6.07, 6.45) is 0. The molecule has 0 saturated carbocycles. The van der Waals surface area contributed by atoms with Crippen LogP contribution < -0.4 is 4.74 Å². The second-order valence-electron chi connectivity index (χ2n) is 6.87. The van der Waals surface area contributed by atoms with Crippen LogP contribution in [0.2, 0.25) is 5.02 Å². The van der Waals surface area contributed by atoms with E-state index in [2.05, 4.69) is 20.6 Å². The summed E-state index contributed by atoms with van der Waals surface area (Å²) in [5.74, 6) is 1.12. The number of aromatic nitrogens is 4. The molecule has 7 nitrogen and oxygen atoms in total. The number of nitrogens with zero attached hydrogens (tertiary/aromatic N) is 4. The van der Waals surface area contributed by atoms with Crippen LogP contribution in [0.4, 0.5) is 0 Å². The summed E-state index contributed by atoms with van der Waals surface area (Å²) in [5, 5.41) is 14.8. The Morgan fingerprint density at radius 3 is 2.67 bits per heavy atom. The molecule has 0 spiro atoms. The molecule has 0 aliphatic carbocycles. The van der Waals surface area contributed by atoms with Crippen molar-refractivity contribution in [3.63, 3.8) is 0 Å². The Hall–Kier alpha value is -2.93. The molecular formula is C19H18ClN5O2. The van der Waals surface area contributed by atoms with Gasteiger partial charge in [-0.2, -0.15) is 5.21 Å². The molecule has 0 bridgehead atoms. The summed E-state index contributed by atoms with van der Waals surface area (Å²) in [5.41, 5.74) is 1.25. The third-order valence-corrected chi connectivity index (χ3v) is 4.93. The molecule has 138 valence electrons. The minimum Gasteiger partial charge on any atom is -0.488 e. The van der Waals surface area contributed by atoms with Gasteiger partial charge >= 0.3 is 0 Å². The Labute approximate surface area is 161 Å². The zero-order chi connectivity index (χ0) is 18.9. The van der Waals surface area contributed by atoms with Crippen molar-refractivity contribution >= 4 is 17.5 Å². The Morgan fingerprint density at radius 2 is 1.96 bits per heavy atom. The van der Waals surface area contributed by atoms with Crippen molar-refractivity contribution in [3.05, 3.63) is 70.5 Å². The number of halogens is 1. The SMILES string of the molecule is CC1(c2nn[nH]n2)CN(C(=O)c2ccccc2OCc2ccc(Cl)cc2)C1. The van der Waals surface area contributed by atoms with Gasteiger partial charge in [-0.05, 0) is 36.8 Å². The quantitative estimate of drug-likeness (QED) is 0.732. The fourth-order valence-electron chi connectivity index (χ4n) is 3.18. The van der Waals surface area contributed by atoms with Crippen LogP contribution in [0.15, 0.2) is 48.5 Å². The van der Waals surface area contributed by atoms with E-state index in [-0.39, 0.29) is 11.3 Å². The van der Waals surface area contributed by atoms with Gasteiger partial charge in [-0.1, -0.05) is 41.1 Å². The number of rotatable bonds is 5. The standard InChI is InChI=1S/C19H18ClN5O2/c1-19(18-21-23-24-22-18)11-25(12-19)17(26)15-4-2-3-5-16(15)27-10-13-6-8-14(20)9-7-13/h2-9H,10-12H2,1H3,(H,21,22,23,24). The monoisotopic (exact) mass is 383 g/mol. The van der Waals surface area contributed by atoms with Crippen molar-refractivity contribution < 1.29 is 9.53 Å². The first kappa shape index (κ1) is 17.5. The largest absolute Gasteiger partial charge is 0.488 e. The number of amides is 1. The molecule has 1 N–H and O–H groups in total. The highest BCUT2D eigenvalue weighted by Crippen LogP contribution is 2.33. The van der Waals surface area contributed by atoms with Gasteiger partial charge in [0, 0.05) is 18.1 Å². The number of hydrogen-bond donors (Lipinski definition) is 1. The highest BCUT2D eigenvalue weighted by Gasteiger charge is 2.46. The number of likely N-dealkylation sites (tertiary alicyclic amines) is 1. The van der Waals surface area contributed by atoms with Gasteiger partial charge in [0.25, 0.3) is 5.91 Å². The Morgan fingerprint density at radius 1 is 1.22 bits per heavy atom. The zero-order valence-corrected chi connectivity index (χ0v) is 15.5. The molecule has 0 radical (unpaired) electrons. The number of H-pyrrole nitrogens is 1. The Balaban J connectivity index is 1.45. The fourth-order valence-corrected chi connectivity index (χ4v) is 3.31. The van der Waals surface area contributed by atoms with Gasteiger partial charge in [-0.25, -0.2) is 0 Å². The molecule has 1 aliphatic rings. The average Bonchev–Trinajstić information content (AvgIpc) is 3.20. The van der Waals surface area contributed by atoms with Crippen LogP contribution in [-0.4, -0.2) is 44.5 Å². The molecular weight excluding hydrogens is 366 g/mol. The fraction of sp³-hybridized carbons (Fsp3) is 0.263. The molecule has 0 unspecified atom stereocenters. The van der Waals surface area contributed by atoms with E-state index < -0.39 is 0 Å². The smallest absolute Gasteiger partial charge is 0.257 e. The second kappa shape index (κ2) is 7.00. The van der Waals surface area contributed by atoms with E-state index in [1.165, 1.54) is 0 Å². The van der Waals surface area contributed by atoms with Crippen LogP contribution in [0, 0.1) is 0 Å². The molecule has 1 fully saturated rings. The van der Waals surface area contributed by atoms with Crippen molar-refractivity contribution in [1.29, 1.82) is 0 Å². The molecule has 1 amide bonds. The number of carbonyl (C=O) groups excluding carboxylic acids is 1. The van der Waals surface area contributed by atoms with E-state index >= 15 is 0 Å². The molecule has 2 aromatic carbocycles. The number of tetrazole rings is 1. The number of nitrogens with one attached hydrogen (secondary N) is 1. The lowest BCUT2D eigenvalue weighted by atomic mass is 9.81. The normalized spacial score (nSPS) is 15.3. The van der Waals surface area contributed by atoms with Crippen molar-refractivity contribution in [1.82, 2.24) is 25.5 Å². The highest BCUT2D eigenvalue weighted by atomic mass is 35.5. The first-order valence-electron chi connectivity index (χ1n) is 8.55. The zero-order valence-electron chi connectivity index (χ0n) is 14.7. The molecule has 1 aromatic heterocycles. The van der Waals surface area contributed by atoms with Crippen LogP contribution >= 0.6 is 11.6 Å². The Kier molecular flexibility index (Phi) is 4.53. The number of aromatic amines is 1. The third-order valence-electron chi connectivity index (χ3n) is 4.68. The summed E-state index contributed by atoms with van der Waals surface area (Å²) < 4.78 is 5.90. The molecule has 2 heterocycles. The van der Waals surface area contributed by atoms with Crippen molar-refractivity contribution in [2.75, 3.05) is 13.1 Å². The van der Waals surface area contributed by atoms with Gasteiger partial charge in [0.2, 0.25) is 0 Å². The molecule has 0 atom stereocenters. The van der Waals surface area contributed by atoms with Gasteiger partial charge < -0.3 is 9.64 Å². The molecule has 1 saturated heterocycles. The number of carbonyl (C=O) groups is 1. The minimum absolute atomic E-state index is 0.0670. The van der Waals surface area contributed by atoms with Crippen LogP contribution in [0.25, 0.3) is 0 Å². The summed E-state index contributed by atoms with van der Waals surface area (Å²) >= 11 is 5.91. The first-order chi connectivity index (χ1) is 13.0. The summed E-state index contributed by atoms with van der Waals surface area (Å²) in [6, 6.07) is 14.7. The predicted octanol–water partition coefficient (Wildman–Crippen LogP) is 2.85. The highest BCUT2D eigenvalue weighted by molar-refractivity contribution is 6.30. The minimum atomic E-state index is -0.276. The van der Waals surface area contributed by atoms with Gasteiger partial charge in [-0.3, -0.25) is 4.79 Å². The molecule has 8 heteroatoms. The maximum Gasteiger partial charge on any atom is 0.257 e. The summed E-state index contributed by atoms with van der Waals surface area (Å²) in [4.78, 5) is 14.7. The van der Waals surface area contributed by atoms with Gasteiger partial charge in [-0.15, -0.1) is 10.2 Å². The van der Waals surface area contributed by atoms with E-state index in [9.17, 15) is 4.79 Å². The number of benzene rings is 2. The van der Waals surface area contributed by atoms with Gasteiger partial charge in [0.15, 0.2) is 5.82 Å². The lowest BCUT2D eigenvalue weighted by Crippen LogP contribution is -2.60. The maximum atomic E-state index is 12.9. The maximum absolute atomic E-state index is 12.9.